The molecule has 0 atom stereocenters. The number of benzene rings is 2. The van der Waals surface area contributed by atoms with Crippen LogP contribution in [-0.4, -0.2) is 0 Å². The Bertz CT molecular complexity index is 940. The minimum atomic E-state index is -0.353. The van der Waals surface area contributed by atoms with Gasteiger partial charge in [-0.3, -0.25) is 0 Å². The van der Waals surface area contributed by atoms with Gasteiger partial charge in [0.05, 0.1) is 0 Å². The Labute approximate surface area is 149 Å². The molecule has 0 fully saturated rings. The summed E-state index contributed by atoms with van der Waals surface area (Å²) in [5.74, 6) is 0.634. The lowest BCUT2D eigenvalue weighted by atomic mass is 10.0. The molecule has 3 aromatic rings. The van der Waals surface area contributed by atoms with E-state index in [-0.39, 0.29) is 12.2 Å². The molecule has 124 valence electrons. The third-order valence-electron chi connectivity index (χ3n) is 4.01. The van der Waals surface area contributed by atoms with E-state index in [9.17, 15) is 4.79 Å². The van der Waals surface area contributed by atoms with Crippen molar-refractivity contribution in [2.45, 2.75) is 26.9 Å². The van der Waals surface area contributed by atoms with Crippen LogP contribution in [0, 0.1) is 6.92 Å². The largest absolute Gasteiger partial charge is 0.488 e. The van der Waals surface area contributed by atoms with Crippen molar-refractivity contribution >= 4 is 34.2 Å². The number of rotatable bonds is 4. The van der Waals surface area contributed by atoms with Crippen molar-refractivity contribution in [3.05, 3.63) is 73.6 Å². The Balaban J connectivity index is 1.99. The van der Waals surface area contributed by atoms with Gasteiger partial charge in [0.15, 0.2) is 0 Å². The molecular formula is C19H16Cl2O3. The van der Waals surface area contributed by atoms with E-state index in [1.807, 2.05) is 26.0 Å². The molecule has 0 amide bonds. The third-order valence-corrected chi connectivity index (χ3v) is 4.72. The van der Waals surface area contributed by atoms with Crippen LogP contribution in [0.15, 0.2) is 45.6 Å². The predicted octanol–water partition coefficient (Wildman–Crippen LogP) is 5.55. The van der Waals surface area contributed by atoms with Crippen molar-refractivity contribution in [1.82, 2.24) is 0 Å². The lowest BCUT2D eigenvalue weighted by Crippen LogP contribution is -2.03. The number of halogens is 2. The topological polar surface area (TPSA) is 39.4 Å². The smallest absolute Gasteiger partial charge is 0.336 e. The summed E-state index contributed by atoms with van der Waals surface area (Å²) in [6.07, 6.45) is 0.761. The molecule has 0 spiro atoms. The number of hydrogen-bond acceptors (Lipinski definition) is 3. The predicted molar refractivity (Wildman–Crippen MR) is 97.4 cm³/mol. The van der Waals surface area contributed by atoms with E-state index in [1.165, 1.54) is 6.07 Å². The van der Waals surface area contributed by atoms with Crippen LogP contribution < -0.4 is 10.4 Å². The van der Waals surface area contributed by atoms with E-state index in [4.69, 9.17) is 32.4 Å². The third kappa shape index (κ3) is 3.14. The summed E-state index contributed by atoms with van der Waals surface area (Å²) in [6.45, 7) is 4.12. The lowest BCUT2D eigenvalue weighted by Gasteiger charge is -2.13. The van der Waals surface area contributed by atoms with Crippen molar-refractivity contribution in [2.75, 3.05) is 0 Å². The van der Waals surface area contributed by atoms with Gasteiger partial charge in [-0.05, 0) is 43.2 Å². The number of hydrogen-bond donors (Lipinski definition) is 0. The second kappa shape index (κ2) is 6.88. The van der Waals surface area contributed by atoms with Crippen LogP contribution in [0.2, 0.25) is 10.0 Å². The summed E-state index contributed by atoms with van der Waals surface area (Å²) in [7, 11) is 0. The highest BCUT2D eigenvalue weighted by molar-refractivity contribution is 6.35. The van der Waals surface area contributed by atoms with Gasteiger partial charge < -0.3 is 9.15 Å². The molecule has 0 saturated carbocycles. The molecule has 0 N–H and O–H groups in total. The van der Waals surface area contributed by atoms with Gasteiger partial charge in [-0.25, -0.2) is 4.79 Å². The Hall–Kier alpha value is -1.97. The van der Waals surface area contributed by atoms with Gasteiger partial charge in [0, 0.05) is 32.6 Å². The molecule has 0 aliphatic rings. The maximum Gasteiger partial charge on any atom is 0.336 e. The van der Waals surface area contributed by atoms with Crippen LogP contribution in [0.4, 0.5) is 0 Å². The molecule has 2 aromatic carbocycles. The minimum absolute atomic E-state index is 0.239. The summed E-state index contributed by atoms with van der Waals surface area (Å²) >= 11 is 12.3. The highest BCUT2D eigenvalue weighted by atomic mass is 35.5. The molecule has 5 heteroatoms. The van der Waals surface area contributed by atoms with Crippen LogP contribution in [0.1, 0.15) is 23.6 Å². The average Bonchev–Trinajstić information content (AvgIpc) is 2.56. The lowest BCUT2D eigenvalue weighted by molar-refractivity contribution is 0.304. The second-order valence-electron chi connectivity index (χ2n) is 5.50. The second-order valence-corrected chi connectivity index (χ2v) is 6.31. The van der Waals surface area contributed by atoms with E-state index in [2.05, 4.69) is 0 Å². The first-order chi connectivity index (χ1) is 11.5. The molecule has 0 aliphatic heterocycles. The van der Waals surface area contributed by atoms with E-state index in [1.54, 1.807) is 18.2 Å². The quantitative estimate of drug-likeness (QED) is 0.571. The monoisotopic (exact) mass is 362 g/mol. The Morgan fingerprint density at radius 2 is 1.83 bits per heavy atom. The number of fused-ring (bicyclic) bond motifs is 1. The minimum Gasteiger partial charge on any atom is -0.488 e. The van der Waals surface area contributed by atoms with Gasteiger partial charge in [-0.15, -0.1) is 0 Å². The highest BCUT2D eigenvalue weighted by Gasteiger charge is 2.12. The molecule has 0 saturated heterocycles. The fraction of sp³-hybridized carbons (Fsp3) is 0.211. The zero-order valence-electron chi connectivity index (χ0n) is 13.4. The summed E-state index contributed by atoms with van der Waals surface area (Å²) < 4.78 is 11.3. The first kappa shape index (κ1) is 16.9. The Kier molecular flexibility index (Phi) is 4.83. The first-order valence-electron chi connectivity index (χ1n) is 7.63. The molecule has 1 aromatic heterocycles. The highest BCUT2D eigenvalue weighted by Crippen LogP contribution is 2.31. The zero-order chi connectivity index (χ0) is 17.3. The van der Waals surface area contributed by atoms with Gasteiger partial charge in [0.2, 0.25) is 0 Å². The molecule has 3 nitrogen and oxygen atoms in total. The Morgan fingerprint density at radius 1 is 1.12 bits per heavy atom. The molecule has 1 heterocycles. The SMILES string of the molecule is CCc1cc(=O)oc2c(C)c(OCc3c(Cl)cccc3Cl)ccc12. The van der Waals surface area contributed by atoms with Crippen molar-refractivity contribution in [3.8, 4) is 5.75 Å². The molecule has 0 radical (unpaired) electrons. The summed E-state index contributed by atoms with van der Waals surface area (Å²) in [5, 5.41) is 2.04. The van der Waals surface area contributed by atoms with E-state index >= 15 is 0 Å². The number of aryl methyl sites for hydroxylation is 2. The van der Waals surface area contributed by atoms with Gasteiger partial charge in [0.1, 0.15) is 17.9 Å². The van der Waals surface area contributed by atoms with Crippen molar-refractivity contribution in [2.24, 2.45) is 0 Å². The summed E-state index contributed by atoms with van der Waals surface area (Å²) in [4.78, 5) is 11.8. The number of ether oxygens (including phenoxy) is 1. The van der Waals surface area contributed by atoms with Crippen LogP contribution in [0.5, 0.6) is 5.75 Å². The maximum atomic E-state index is 11.8. The van der Waals surface area contributed by atoms with Crippen LogP contribution in [0.3, 0.4) is 0 Å². The fourth-order valence-corrected chi connectivity index (χ4v) is 3.18. The standard InChI is InChI=1S/C19H16Cl2O3/c1-3-12-9-18(22)24-19-11(2)17(8-7-13(12)19)23-10-14-15(20)5-4-6-16(14)21/h4-9H,3,10H2,1-2H3. The van der Waals surface area contributed by atoms with Gasteiger partial charge in [-0.1, -0.05) is 36.2 Å². The molecule has 3 rings (SSSR count). The molecule has 0 unspecified atom stereocenters. The van der Waals surface area contributed by atoms with E-state index in [0.29, 0.717) is 21.4 Å². The maximum absolute atomic E-state index is 11.8. The summed E-state index contributed by atoms with van der Waals surface area (Å²) in [6, 6.07) is 10.6. The first-order valence-corrected chi connectivity index (χ1v) is 8.39. The van der Waals surface area contributed by atoms with Crippen molar-refractivity contribution in [3.63, 3.8) is 0 Å². The zero-order valence-corrected chi connectivity index (χ0v) is 14.9. The molecular weight excluding hydrogens is 347 g/mol. The molecule has 0 bridgehead atoms. The Morgan fingerprint density at radius 3 is 2.50 bits per heavy atom. The molecule has 0 aliphatic carbocycles. The van der Waals surface area contributed by atoms with Crippen molar-refractivity contribution in [1.29, 1.82) is 0 Å². The van der Waals surface area contributed by atoms with Gasteiger partial charge in [-0.2, -0.15) is 0 Å². The van der Waals surface area contributed by atoms with E-state index < -0.39 is 0 Å². The summed E-state index contributed by atoms with van der Waals surface area (Å²) in [5.41, 5.74) is 2.67. The van der Waals surface area contributed by atoms with Crippen molar-refractivity contribution < 1.29 is 9.15 Å². The fourth-order valence-electron chi connectivity index (χ4n) is 2.68. The van der Waals surface area contributed by atoms with Crippen LogP contribution in [0.25, 0.3) is 11.0 Å². The van der Waals surface area contributed by atoms with Gasteiger partial charge >= 0.3 is 5.63 Å². The molecule has 24 heavy (non-hydrogen) atoms. The van der Waals surface area contributed by atoms with E-state index in [0.717, 1.165) is 28.5 Å². The van der Waals surface area contributed by atoms with Crippen LogP contribution in [-0.2, 0) is 13.0 Å². The average molecular weight is 363 g/mol. The van der Waals surface area contributed by atoms with Crippen LogP contribution >= 0.6 is 23.2 Å². The van der Waals surface area contributed by atoms with Gasteiger partial charge in [0.25, 0.3) is 0 Å². The normalized spacial score (nSPS) is 11.0.